The molecule has 0 bridgehead atoms. The summed E-state index contributed by atoms with van der Waals surface area (Å²) in [6.45, 7) is 0. The van der Waals surface area contributed by atoms with Gasteiger partial charge in [0.25, 0.3) is 0 Å². The van der Waals surface area contributed by atoms with E-state index < -0.39 is 0 Å². The molecule has 2 nitrogen and oxygen atoms in total. The zero-order chi connectivity index (χ0) is 13.8. The molecule has 3 N–H and O–H groups in total. The minimum Gasteiger partial charge on any atom is -0.271 e. The third kappa shape index (κ3) is 3.54. The van der Waals surface area contributed by atoms with Gasteiger partial charge in [0.1, 0.15) is 5.82 Å². The highest BCUT2D eigenvalue weighted by Gasteiger charge is 2.15. The van der Waals surface area contributed by atoms with Gasteiger partial charge < -0.3 is 0 Å². The molecule has 0 fully saturated rings. The second-order valence-electron chi connectivity index (χ2n) is 4.18. The van der Waals surface area contributed by atoms with Crippen LogP contribution < -0.4 is 11.3 Å². The average molecular weight is 344 g/mol. The molecular formula is C14H13BrClFN2. The Morgan fingerprint density at radius 3 is 2.63 bits per heavy atom. The molecule has 0 amide bonds. The van der Waals surface area contributed by atoms with E-state index in [2.05, 4.69) is 21.4 Å². The molecule has 5 heteroatoms. The lowest BCUT2D eigenvalue weighted by molar-refractivity contribution is 0.550. The predicted octanol–water partition coefficient (Wildman–Crippen LogP) is 3.99. The Bertz CT molecular complexity index is 577. The highest BCUT2D eigenvalue weighted by Crippen LogP contribution is 2.28. The van der Waals surface area contributed by atoms with Gasteiger partial charge in [-0.1, -0.05) is 51.8 Å². The van der Waals surface area contributed by atoms with Crippen LogP contribution in [0, 0.1) is 5.82 Å². The summed E-state index contributed by atoms with van der Waals surface area (Å²) in [5, 5.41) is 0.656. The molecule has 2 aromatic carbocycles. The van der Waals surface area contributed by atoms with Gasteiger partial charge in [-0.05, 0) is 35.7 Å². The van der Waals surface area contributed by atoms with E-state index in [4.69, 9.17) is 17.4 Å². The Morgan fingerprint density at radius 1 is 1.26 bits per heavy atom. The first kappa shape index (κ1) is 14.5. The van der Waals surface area contributed by atoms with Crippen LogP contribution in [0.4, 0.5) is 4.39 Å². The van der Waals surface area contributed by atoms with E-state index in [0.717, 1.165) is 15.6 Å². The number of halogens is 3. The maximum atomic E-state index is 13.1. The highest BCUT2D eigenvalue weighted by molar-refractivity contribution is 9.10. The quantitative estimate of drug-likeness (QED) is 0.651. The minimum absolute atomic E-state index is 0.129. The van der Waals surface area contributed by atoms with Crippen LogP contribution in [0.5, 0.6) is 0 Å². The van der Waals surface area contributed by atoms with Gasteiger partial charge in [0.2, 0.25) is 0 Å². The molecule has 0 saturated heterocycles. The Kier molecular flexibility index (Phi) is 4.93. The average Bonchev–Trinajstić information content (AvgIpc) is 2.39. The van der Waals surface area contributed by atoms with Gasteiger partial charge in [-0.3, -0.25) is 11.3 Å². The molecule has 19 heavy (non-hydrogen) atoms. The number of nitrogens with one attached hydrogen (secondary N) is 1. The lowest BCUT2D eigenvalue weighted by Crippen LogP contribution is -2.29. The summed E-state index contributed by atoms with van der Waals surface area (Å²) in [4.78, 5) is 0. The molecule has 0 aliphatic heterocycles. The van der Waals surface area contributed by atoms with Gasteiger partial charge in [0.15, 0.2) is 0 Å². The van der Waals surface area contributed by atoms with Crippen LogP contribution in [0.2, 0.25) is 5.02 Å². The SMILES string of the molecule is NNC(Cc1ccc(F)cc1Br)c1ccccc1Cl. The Balaban J connectivity index is 2.27. The van der Waals surface area contributed by atoms with Crippen LogP contribution in [-0.2, 0) is 6.42 Å². The van der Waals surface area contributed by atoms with E-state index in [1.54, 1.807) is 6.07 Å². The number of benzene rings is 2. The molecule has 0 heterocycles. The normalized spacial score (nSPS) is 12.4. The first-order valence-corrected chi connectivity index (χ1v) is 6.93. The molecule has 0 saturated carbocycles. The zero-order valence-electron chi connectivity index (χ0n) is 10.0. The van der Waals surface area contributed by atoms with Crippen molar-refractivity contribution in [2.75, 3.05) is 0 Å². The Morgan fingerprint density at radius 2 is 2.00 bits per heavy atom. The van der Waals surface area contributed by atoms with Crippen molar-refractivity contribution in [2.24, 2.45) is 5.84 Å². The van der Waals surface area contributed by atoms with Crippen molar-refractivity contribution in [3.63, 3.8) is 0 Å². The van der Waals surface area contributed by atoms with E-state index in [9.17, 15) is 4.39 Å². The Labute approximate surface area is 124 Å². The number of hydrazine groups is 1. The van der Waals surface area contributed by atoms with E-state index in [0.29, 0.717) is 11.4 Å². The number of hydrogen-bond acceptors (Lipinski definition) is 2. The van der Waals surface area contributed by atoms with Crippen LogP contribution in [0.1, 0.15) is 17.2 Å². The van der Waals surface area contributed by atoms with Crippen molar-refractivity contribution in [1.29, 1.82) is 0 Å². The third-order valence-corrected chi connectivity index (χ3v) is 4.00. The lowest BCUT2D eigenvalue weighted by Gasteiger charge is -2.18. The standard InChI is InChI=1S/C14H13BrClFN2/c15-12-8-10(17)6-5-9(12)7-14(19-18)11-3-1-2-4-13(11)16/h1-6,8,14,19H,7,18H2. The molecule has 2 aromatic rings. The van der Waals surface area contributed by atoms with Crippen molar-refractivity contribution in [2.45, 2.75) is 12.5 Å². The molecular weight excluding hydrogens is 331 g/mol. The number of nitrogens with two attached hydrogens (primary N) is 1. The maximum Gasteiger partial charge on any atom is 0.124 e. The van der Waals surface area contributed by atoms with Crippen molar-refractivity contribution >= 4 is 27.5 Å². The van der Waals surface area contributed by atoms with Gasteiger partial charge in [0.05, 0.1) is 6.04 Å². The smallest absolute Gasteiger partial charge is 0.124 e. The van der Waals surface area contributed by atoms with Crippen LogP contribution in [0.25, 0.3) is 0 Å². The van der Waals surface area contributed by atoms with E-state index in [-0.39, 0.29) is 11.9 Å². The van der Waals surface area contributed by atoms with Crippen LogP contribution in [-0.4, -0.2) is 0 Å². The van der Waals surface area contributed by atoms with E-state index in [1.165, 1.54) is 12.1 Å². The maximum absolute atomic E-state index is 13.1. The second kappa shape index (κ2) is 6.48. The highest BCUT2D eigenvalue weighted by atomic mass is 79.9. The summed E-state index contributed by atoms with van der Waals surface area (Å²) >= 11 is 9.52. The van der Waals surface area contributed by atoms with Gasteiger partial charge in [-0.2, -0.15) is 0 Å². The third-order valence-electron chi connectivity index (χ3n) is 2.92. The molecule has 100 valence electrons. The number of hydrogen-bond donors (Lipinski definition) is 2. The van der Waals surface area contributed by atoms with Gasteiger partial charge in [-0.25, -0.2) is 4.39 Å². The fourth-order valence-electron chi connectivity index (χ4n) is 1.92. The van der Waals surface area contributed by atoms with Crippen LogP contribution in [0.15, 0.2) is 46.9 Å². The van der Waals surface area contributed by atoms with E-state index in [1.807, 2.05) is 24.3 Å². The van der Waals surface area contributed by atoms with Crippen molar-refractivity contribution in [1.82, 2.24) is 5.43 Å². The summed E-state index contributed by atoms with van der Waals surface area (Å²) in [5.41, 5.74) is 4.63. The summed E-state index contributed by atoms with van der Waals surface area (Å²) in [5.74, 6) is 5.33. The molecule has 0 aromatic heterocycles. The fraction of sp³-hybridized carbons (Fsp3) is 0.143. The lowest BCUT2D eigenvalue weighted by atomic mass is 9.99. The summed E-state index contributed by atoms with van der Waals surface area (Å²) in [6, 6.07) is 12.0. The first-order valence-electron chi connectivity index (χ1n) is 5.76. The first-order chi connectivity index (χ1) is 9.11. The van der Waals surface area contributed by atoms with Crippen molar-refractivity contribution < 1.29 is 4.39 Å². The van der Waals surface area contributed by atoms with Gasteiger partial charge in [0, 0.05) is 9.50 Å². The molecule has 1 atom stereocenters. The summed E-state index contributed by atoms with van der Waals surface area (Å²) in [7, 11) is 0. The van der Waals surface area contributed by atoms with E-state index >= 15 is 0 Å². The molecule has 0 aliphatic rings. The minimum atomic E-state index is -0.273. The summed E-state index contributed by atoms with van der Waals surface area (Å²) < 4.78 is 13.8. The zero-order valence-corrected chi connectivity index (χ0v) is 12.4. The number of rotatable bonds is 4. The predicted molar refractivity (Wildman–Crippen MR) is 79.3 cm³/mol. The van der Waals surface area contributed by atoms with Gasteiger partial charge in [-0.15, -0.1) is 0 Å². The van der Waals surface area contributed by atoms with Crippen molar-refractivity contribution in [3.05, 3.63) is 68.9 Å². The molecule has 0 aliphatic carbocycles. The topological polar surface area (TPSA) is 38.0 Å². The molecule has 0 radical (unpaired) electrons. The second-order valence-corrected chi connectivity index (χ2v) is 5.44. The fourth-order valence-corrected chi connectivity index (χ4v) is 2.70. The molecule has 1 unspecified atom stereocenters. The van der Waals surface area contributed by atoms with Gasteiger partial charge >= 0.3 is 0 Å². The molecule has 2 rings (SSSR count). The summed E-state index contributed by atoms with van der Waals surface area (Å²) in [6.07, 6.45) is 0.612. The Hall–Kier alpha value is -0.940. The van der Waals surface area contributed by atoms with Crippen LogP contribution >= 0.6 is 27.5 Å². The largest absolute Gasteiger partial charge is 0.271 e. The molecule has 0 spiro atoms. The van der Waals surface area contributed by atoms with Crippen molar-refractivity contribution in [3.8, 4) is 0 Å². The van der Waals surface area contributed by atoms with Crippen LogP contribution in [0.3, 0.4) is 0 Å². The monoisotopic (exact) mass is 342 g/mol.